The molecule has 2 aromatic rings. The van der Waals surface area contributed by atoms with Crippen molar-refractivity contribution in [1.29, 1.82) is 0 Å². The van der Waals surface area contributed by atoms with Crippen molar-refractivity contribution >= 4 is 11.7 Å². The van der Waals surface area contributed by atoms with Crippen molar-refractivity contribution in [2.24, 2.45) is 21.1 Å². The molecule has 0 amide bonds. The summed E-state index contributed by atoms with van der Waals surface area (Å²) in [6, 6.07) is 17.7. The summed E-state index contributed by atoms with van der Waals surface area (Å²) >= 11 is 0. The lowest BCUT2D eigenvalue weighted by molar-refractivity contribution is 0.237. The van der Waals surface area contributed by atoms with Crippen LogP contribution in [0.25, 0.3) is 0 Å². The predicted molar refractivity (Wildman–Crippen MR) is 110 cm³/mol. The molecule has 5 aliphatic rings. The van der Waals surface area contributed by atoms with Crippen molar-refractivity contribution in [1.82, 2.24) is 16.0 Å². The molecule has 2 atom stereocenters. The fourth-order valence-corrected chi connectivity index (χ4v) is 5.48. The van der Waals surface area contributed by atoms with E-state index < -0.39 is 6.29 Å². The fraction of sp³-hybridized carbons (Fsp3) is 0.364. The third kappa shape index (κ3) is 2.08. The average molecular weight is 372 g/mol. The second-order valence-corrected chi connectivity index (χ2v) is 8.03. The molecule has 5 aliphatic heterocycles. The maximum Gasteiger partial charge on any atom is 0.195 e. The van der Waals surface area contributed by atoms with E-state index in [1.54, 1.807) is 0 Å². The number of nitrogens with zero attached hydrogens (tertiary/aromatic N) is 2. The van der Waals surface area contributed by atoms with Crippen LogP contribution in [0.5, 0.6) is 0 Å². The van der Waals surface area contributed by atoms with Crippen LogP contribution in [0.2, 0.25) is 0 Å². The van der Waals surface area contributed by atoms with Gasteiger partial charge in [-0.15, -0.1) is 0 Å². The van der Waals surface area contributed by atoms with Crippen LogP contribution in [0.4, 0.5) is 0 Å². The highest BCUT2D eigenvalue weighted by atomic mass is 15.3. The molecule has 0 spiro atoms. The second kappa shape index (κ2) is 5.98. The number of fused-ring (bicyclic) bond motifs is 4. The van der Waals surface area contributed by atoms with Crippen LogP contribution in [0.15, 0.2) is 58.5 Å². The number of nitrogens with two attached hydrogens (primary N) is 1. The first-order chi connectivity index (χ1) is 13.8. The van der Waals surface area contributed by atoms with Gasteiger partial charge in [-0.3, -0.25) is 5.73 Å². The summed E-state index contributed by atoms with van der Waals surface area (Å²) in [5.41, 5.74) is 11.2. The fourth-order valence-electron chi connectivity index (χ4n) is 5.48. The summed E-state index contributed by atoms with van der Waals surface area (Å²) in [5, 5.41) is 11.0. The smallest absolute Gasteiger partial charge is 0.195 e. The Kier molecular flexibility index (Phi) is 3.50. The second-order valence-electron chi connectivity index (χ2n) is 8.03. The van der Waals surface area contributed by atoms with Crippen molar-refractivity contribution in [2.75, 3.05) is 13.1 Å². The molecule has 5 heterocycles. The van der Waals surface area contributed by atoms with Crippen molar-refractivity contribution < 1.29 is 0 Å². The molecule has 142 valence electrons. The van der Waals surface area contributed by atoms with Gasteiger partial charge in [0, 0.05) is 0 Å². The van der Waals surface area contributed by atoms with E-state index in [0.29, 0.717) is 0 Å². The molecule has 2 bridgehead atoms. The summed E-state index contributed by atoms with van der Waals surface area (Å²) in [6.45, 7) is 1.90. The molecule has 6 nitrogen and oxygen atoms in total. The topological polar surface area (TPSA) is 86.8 Å². The normalized spacial score (nSPS) is 32.8. The predicted octanol–water partition coefficient (Wildman–Crippen LogP) is 1.40. The van der Waals surface area contributed by atoms with Crippen molar-refractivity contribution in [2.45, 2.75) is 31.2 Å². The molecular formula is C22H24N6. The van der Waals surface area contributed by atoms with Gasteiger partial charge in [0.25, 0.3) is 0 Å². The standard InChI is InChI=1S/C22H24N6/c23-21-27-19-22(20(26-19)28-21,17-15-7-3-1-5-13(15)9-11-24-17)18-16-8-4-2-6-14(16)10-12-25-18/h1-8,17-18,21,24-25H,9-12,23H2,(H,26,27,28). The minimum Gasteiger partial charge on any atom is -0.330 e. The van der Waals surface area contributed by atoms with E-state index in [0.717, 1.165) is 37.6 Å². The first-order valence-electron chi connectivity index (χ1n) is 10.1. The van der Waals surface area contributed by atoms with E-state index in [9.17, 15) is 0 Å². The third-order valence-electron chi connectivity index (χ3n) is 6.67. The minimum atomic E-state index is -0.503. The molecular weight excluding hydrogens is 348 g/mol. The molecule has 0 aliphatic carbocycles. The number of benzene rings is 2. The van der Waals surface area contributed by atoms with Gasteiger partial charge < -0.3 is 16.0 Å². The molecule has 28 heavy (non-hydrogen) atoms. The Hall–Kier alpha value is -2.54. The van der Waals surface area contributed by atoms with Crippen LogP contribution in [0.1, 0.15) is 34.3 Å². The van der Waals surface area contributed by atoms with Crippen LogP contribution < -0.4 is 21.7 Å². The number of rotatable bonds is 2. The lowest BCUT2D eigenvalue weighted by Gasteiger charge is -2.58. The quantitative estimate of drug-likeness (QED) is 0.642. The third-order valence-corrected chi connectivity index (χ3v) is 6.67. The first kappa shape index (κ1) is 16.4. The maximum absolute atomic E-state index is 6.07. The Bertz CT molecular complexity index is 930. The molecule has 0 radical (unpaired) electrons. The van der Waals surface area contributed by atoms with Gasteiger partial charge in [0.15, 0.2) is 6.29 Å². The molecule has 2 aromatic carbocycles. The monoisotopic (exact) mass is 372 g/mol. The molecule has 7 rings (SSSR count). The van der Waals surface area contributed by atoms with Gasteiger partial charge in [-0.05, 0) is 48.2 Å². The van der Waals surface area contributed by atoms with Crippen LogP contribution in [0.3, 0.4) is 0 Å². The SMILES string of the molecule is NC1N=C2NC(=N1)C2(C1NCCc2ccccc21)C1NCCc2ccccc21. The van der Waals surface area contributed by atoms with E-state index in [-0.39, 0.29) is 17.5 Å². The highest BCUT2D eigenvalue weighted by Gasteiger charge is 2.64. The molecule has 6 heteroatoms. The van der Waals surface area contributed by atoms with Gasteiger partial charge in [0.2, 0.25) is 0 Å². The van der Waals surface area contributed by atoms with Crippen molar-refractivity contribution in [3.05, 3.63) is 70.8 Å². The lowest BCUT2D eigenvalue weighted by Crippen LogP contribution is -2.75. The summed E-state index contributed by atoms with van der Waals surface area (Å²) in [5.74, 6) is 1.90. The minimum absolute atomic E-state index is 0.104. The number of hydrogen-bond donors (Lipinski definition) is 4. The summed E-state index contributed by atoms with van der Waals surface area (Å²) < 4.78 is 0. The van der Waals surface area contributed by atoms with Crippen LogP contribution in [0, 0.1) is 5.41 Å². The van der Waals surface area contributed by atoms with Gasteiger partial charge in [-0.25, -0.2) is 9.98 Å². The largest absolute Gasteiger partial charge is 0.330 e. The zero-order chi connectivity index (χ0) is 18.7. The zero-order valence-electron chi connectivity index (χ0n) is 15.7. The van der Waals surface area contributed by atoms with E-state index in [1.807, 2.05) is 0 Å². The molecule has 5 N–H and O–H groups in total. The number of nitrogens with one attached hydrogen (secondary N) is 3. The van der Waals surface area contributed by atoms with E-state index in [4.69, 9.17) is 15.7 Å². The Labute approximate surface area is 164 Å². The van der Waals surface area contributed by atoms with Gasteiger partial charge in [0.1, 0.15) is 17.1 Å². The molecule has 2 unspecified atom stereocenters. The van der Waals surface area contributed by atoms with Crippen molar-refractivity contribution in [3.63, 3.8) is 0 Å². The molecule has 1 fully saturated rings. The Morgan fingerprint density at radius 2 is 1.29 bits per heavy atom. The highest BCUT2D eigenvalue weighted by molar-refractivity contribution is 6.28. The van der Waals surface area contributed by atoms with E-state index >= 15 is 0 Å². The Morgan fingerprint density at radius 1 is 0.786 bits per heavy atom. The van der Waals surface area contributed by atoms with Crippen molar-refractivity contribution in [3.8, 4) is 0 Å². The zero-order valence-corrected chi connectivity index (χ0v) is 15.7. The van der Waals surface area contributed by atoms with Gasteiger partial charge in [-0.2, -0.15) is 0 Å². The number of aliphatic imine (C=N–C) groups is 2. The molecule has 0 aromatic heterocycles. The average Bonchev–Trinajstić information content (AvgIpc) is 2.74. The highest BCUT2D eigenvalue weighted by Crippen LogP contribution is 2.54. The van der Waals surface area contributed by atoms with Gasteiger partial charge in [-0.1, -0.05) is 48.5 Å². The summed E-state index contributed by atoms with van der Waals surface area (Å²) in [6.07, 6.45) is 1.59. The van der Waals surface area contributed by atoms with E-state index in [2.05, 4.69) is 64.5 Å². The first-order valence-corrected chi connectivity index (χ1v) is 10.1. The number of amidine groups is 2. The van der Waals surface area contributed by atoms with Gasteiger partial charge in [0.05, 0.1) is 12.1 Å². The summed E-state index contributed by atoms with van der Waals surface area (Å²) in [7, 11) is 0. The Morgan fingerprint density at radius 3 is 1.82 bits per heavy atom. The van der Waals surface area contributed by atoms with Gasteiger partial charge >= 0.3 is 0 Å². The maximum atomic E-state index is 6.07. The molecule has 1 saturated heterocycles. The number of hydrogen-bond acceptors (Lipinski definition) is 6. The molecule has 0 saturated carbocycles. The van der Waals surface area contributed by atoms with E-state index in [1.165, 1.54) is 22.3 Å². The lowest BCUT2D eigenvalue weighted by atomic mass is 9.60. The Balaban J connectivity index is 1.57. The van der Waals surface area contributed by atoms with Crippen LogP contribution in [-0.4, -0.2) is 31.1 Å². The van der Waals surface area contributed by atoms with Crippen LogP contribution in [-0.2, 0) is 12.8 Å². The summed E-state index contributed by atoms with van der Waals surface area (Å²) in [4.78, 5) is 9.43. The van der Waals surface area contributed by atoms with Crippen LogP contribution >= 0.6 is 0 Å².